The normalized spacial score (nSPS) is 13.3. The number of fused-ring (bicyclic) bond motifs is 10. The van der Waals surface area contributed by atoms with E-state index in [9.17, 15) is 0 Å². The largest absolute Gasteiger partial charge is 0.456 e. The van der Waals surface area contributed by atoms with E-state index in [1.807, 2.05) is 114 Å². The van der Waals surface area contributed by atoms with Crippen LogP contribution in [0.2, 0.25) is 0 Å². The van der Waals surface area contributed by atoms with Gasteiger partial charge in [-0.3, -0.25) is 4.57 Å². The van der Waals surface area contributed by atoms with Crippen molar-refractivity contribution in [1.82, 2.24) is 19.5 Å². The summed E-state index contributed by atoms with van der Waals surface area (Å²) in [6, 6.07) is 39.5. The van der Waals surface area contributed by atoms with Gasteiger partial charge < -0.3 is 8.83 Å². The third kappa shape index (κ3) is 4.20. The zero-order valence-electron chi connectivity index (χ0n) is 31.7. The highest BCUT2D eigenvalue weighted by Gasteiger charge is 2.22. The fourth-order valence-corrected chi connectivity index (χ4v) is 7.38. The van der Waals surface area contributed by atoms with Crippen molar-refractivity contribution in [3.63, 3.8) is 0 Å². The minimum Gasteiger partial charge on any atom is -0.456 e. The molecule has 4 heterocycles. The second-order valence-electron chi connectivity index (χ2n) is 12.4. The molecule has 0 radical (unpaired) electrons. The van der Waals surface area contributed by atoms with Gasteiger partial charge in [0.15, 0.2) is 11.6 Å². The van der Waals surface area contributed by atoms with Gasteiger partial charge in [0.25, 0.3) is 0 Å². The van der Waals surface area contributed by atoms with Crippen LogP contribution in [-0.2, 0) is 0 Å². The van der Waals surface area contributed by atoms with Crippen LogP contribution < -0.4 is 0 Å². The molecular weight excluding hydrogens is 629 g/mol. The van der Waals surface area contributed by atoms with E-state index in [2.05, 4.69) is 18.2 Å². The van der Waals surface area contributed by atoms with Crippen LogP contribution in [0.25, 0.3) is 106 Å². The summed E-state index contributed by atoms with van der Waals surface area (Å²) in [7, 11) is 0. The molecule has 11 rings (SSSR count). The zero-order valence-corrected chi connectivity index (χ0v) is 26.7. The quantitative estimate of drug-likeness (QED) is 0.188. The number of rotatable bonds is 4. The highest BCUT2D eigenvalue weighted by Crippen LogP contribution is 2.42. The number of furan rings is 2. The molecular formula is C45H26N4O2. The highest BCUT2D eigenvalue weighted by molar-refractivity contribution is 6.27. The maximum atomic E-state index is 8.86. The SMILES string of the molecule is [2H]c1c([2H])c([2H])c(-c2nc(-c3ccc4c(c3)oc3cccc(-c5ccccc5)c34)nc(-n3c4ccccc4c4c5c(ccc43)oc3ccccc35)n2)c([2H])c1[2H]. The molecule has 0 bridgehead atoms. The molecule has 0 unspecified atom stereocenters. The first-order valence-electron chi connectivity index (χ1n) is 19.0. The van der Waals surface area contributed by atoms with Crippen LogP contribution in [0, 0.1) is 0 Å². The molecule has 0 aliphatic carbocycles. The van der Waals surface area contributed by atoms with Crippen LogP contribution in [0.5, 0.6) is 0 Å². The summed E-state index contributed by atoms with van der Waals surface area (Å²) < 4.78 is 57.5. The molecule has 6 nitrogen and oxygen atoms in total. The molecule has 0 aliphatic rings. The van der Waals surface area contributed by atoms with Crippen molar-refractivity contribution in [1.29, 1.82) is 0 Å². The fourth-order valence-electron chi connectivity index (χ4n) is 7.38. The van der Waals surface area contributed by atoms with Gasteiger partial charge in [-0.2, -0.15) is 9.97 Å². The minimum absolute atomic E-state index is 0.0566. The first-order chi connectivity index (χ1) is 27.4. The van der Waals surface area contributed by atoms with Gasteiger partial charge >= 0.3 is 0 Å². The van der Waals surface area contributed by atoms with Crippen molar-refractivity contribution in [3.8, 4) is 39.9 Å². The summed E-state index contributed by atoms with van der Waals surface area (Å²) in [4.78, 5) is 14.8. The molecule has 4 aromatic heterocycles. The summed E-state index contributed by atoms with van der Waals surface area (Å²) in [5.41, 5.74) is 7.08. The van der Waals surface area contributed by atoms with Crippen molar-refractivity contribution in [3.05, 3.63) is 158 Å². The summed E-state index contributed by atoms with van der Waals surface area (Å²) in [6.07, 6.45) is 0. The molecule has 0 saturated carbocycles. The second-order valence-corrected chi connectivity index (χ2v) is 12.4. The molecule has 0 N–H and O–H groups in total. The number of hydrogen-bond donors (Lipinski definition) is 0. The van der Waals surface area contributed by atoms with Crippen LogP contribution >= 0.6 is 0 Å². The standard InChI is InChI=1S/C45H26N4O2/c1-3-12-27(13-4-1)30-18-11-21-37-40(30)33-23-22-29(26-39(33)51-37)44-46-43(28-14-5-2-6-15-28)47-45(48-44)49-34-19-9-7-16-31(34)41-35(49)24-25-38-42(41)32-17-8-10-20-36(32)50-38/h1-26H/i2D,5D,6D,14D,15D. The topological polar surface area (TPSA) is 69.9 Å². The highest BCUT2D eigenvalue weighted by atomic mass is 16.3. The fraction of sp³-hybridized carbons (Fsp3) is 0. The predicted octanol–water partition coefficient (Wildman–Crippen LogP) is 11.8. The van der Waals surface area contributed by atoms with Gasteiger partial charge in [0.2, 0.25) is 5.95 Å². The average Bonchev–Trinajstić information content (AvgIpc) is 3.91. The maximum absolute atomic E-state index is 8.86. The van der Waals surface area contributed by atoms with Crippen molar-refractivity contribution >= 4 is 65.7 Å². The molecule has 0 atom stereocenters. The Balaban J connectivity index is 1.21. The summed E-state index contributed by atoms with van der Waals surface area (Å²) in [6.45, 7) is 0. The van der Waals surface area contributed by atoms with E-state index in [4.69, 9.17) is 30.6 Å². The Hall–Kier alpha value is -7.05. The van der Waals surface area contributed by atoms with E-state index in [1.54, 1.807) is 0 Å². The lowest BCUT2D eigenvalue weighted by Gasteiger charge is -2.11. The molecule has 0 aliphatic heterocycles. The Morgan fingerprint density at radius 3 is 2.04 bits per heavy atom. The van der Waals surface area contributed by atoms with Gasteiger partial charge in [-0.05, 0) is 53.6 Å². The van der Waals surface area contributed by atoms with Crippen molar-refractivity contribution < 1.29 is 15.7 Å². The van der Waals surface area contributed by atoms with Crippen molar-refractivity contribution in [2.75, 3.05) is 0 Å². The molecule has 11 aromatic rings. The van der Waals surface area contributed by atoms with E-state index < -0.39 is 30.2 Å². The summed E-state index contributed by atoms with van der Waals surface area (Å²) >= 11 is 0. The Labute approximate surface area is 297 Å². The minimum atomic E-state index is -0.498. The van der Waals surface area contributed by atoms with E-state index in [0.29, 0.717) is 11.1 Å². The molecule has 7 aromatic carbocycles. The lowest BCUT2D eigenvalue weighted by Crippen LogP contribution is -2.06. The Morgan fingerprint density at radius 1 is 0.451 bits per heavy atom. The van der Waals surface area contributed by atoms with E-state index in [1.165, 1.54) is 0 Å². The van der Waals surface area contributed by atoms with Crippen molar-refractivity contribution in [2.45, 2.75) is 0 Å². The van der Waals surface area contributed by atoms with Gasteiger partial charge in [-0.25, -0.2) is 4.98 Å². The van der Waals surface area contributed by atoms with Gasteiger partial charge in [0, 0.05) is 43.4 Å². The van der Waals surface area contributed by atoms with Gasteiger partial charge in [0.05, 0.1) is 17.9 Å². The first kappa shape index (κ1) is 23.3. The van der Waals surface area contributed by atoms with E-state index >= 15 is 0 Å². The third-order valence-electron chi connectivity index (χ3n) is 9.56. The summed E-state index contributed by atoms with van der Waals surface area (Å²) in [5, 5.41) is 5.73. The monoisotopic (exact) mass is 659 g/mol. The average molecular weight is 660 g/mol. The molecule has 0 amide bonds. The zero-order chi connectivity index (χ0) is 37.8. The van der Waals surface area contributed by atoms with Gasteiger partial charge in [-0.1, -0.05) is 115 Å². The Kier molecular flexibility index (Phi) is 4.91. The Morgan fingerprint density at radius 2 is 1.16 bits per heavy atom. The lowest BCUT2D eigenvalue weighted by molar-refractivity contribution is 0.669. The van der Waals surface area contributed by atoms with E-state index in [-0.39, 0.29) is 23.2 Å². The van der Waals surface area contributed by atoms with Crippen molar-refractivity contribution in [2.24, 2.45) is 0 Å². The molecule has 51 heavy (non-hydrogen) atoms. The number of nitrogens with zero attached hydrogens (tertiary/aromatic N) is 4. The molecule has 238 valence electrons. The van der Waals surface area contributed by atoms with E-state index in [0.717, 1.165) is 71.2 Å². The number of para-hydroxylation sites is 2. The van der Waals surface area contributed by atoms with Crippen LogP contribution in [0.3, 0.4) is 0 Å². The number of hydrogen-bond acceptors (Lipinski definition) is 5. The Bertz CT molecular complexity index is 3420. The molecule has 6 heteroatoms. The smallest absolute Gasteiger partial charge is 0.238 e. The van der Waals surface area contributed by atoms with Crippen LogP contribution in [0.15, 0.2) is 166 Å². The predicted molar refractivity (Wildman–Crippen MR) is 205 cm³/mol. The molecule has 0 spiro atoms. The maximum Gasteiger partial charge on any atom is 0.238 e. The van der Waals surface area contributed by atoms with Gasteiger partial charge in [-0.15, -0.1) is 0 Å². The van der Waals surface area contributed by atoms with Crippen LogP contribution in [0.4, 0.5) is 0 Å². The molecule has 0 saturated heterocycles. The lowest BCUT2D eigenvalue weighted by atomic mass is 9.99. The first-order valence-corrected chi connectivity index (χ1v) is 16.5. The number of aromatic nitrogens is 4. The third-order valence-corrected chi connectivity index (χ3v) is 9.56. The van der Waals surface area contributed by atoms with Gasteiger partial charge in [0.1, 0.15) is 22.3 Å². The van der Waals surface area contributed by atoms with Crippen LogP contribution in [0.1, 0.15) is 6.85 Å². The summed E-state index contributed by atoms with van der Waals surface area (Å²) in [5.74, 6) is 0.397. The second kappa shape index (κ2) is 10.7. The van der Waals surface area contributed by atoms with Crippen LogP contribution in [-0.4, -0.2) is 19.5 Å². The number of benzene rings is 7. The molecule has 0 fully saturated rings.